The largest absolute Gasteiger partial charge is 0.462 e. The van der Waals surface area contributed by atoms with Crippen LogP contribution in [0.25, 0.3) is 0 Å². The first-order chi connectivity index (χ1) is 8.21. The molecule has 1 saturated heterocycles. The first-order valence-electron chi connectivity index (χ1n) is 6.01. The maximum Gasteiger partial charge on any atom is 0.462 e. The van der Waals surface area contributed by atoms with Gasteiger partial charge in [0.1, 0.15) is 0 Å². The molecule has 1 heterocycles. The van der Waals surface area contributed by atoms with Crippen molar-refractivity contribution in [2.45, 2.75) is 45.2 Å². The molecule has 0 bridgehead atoms. The van der Waals surface area contributed by atoms with E-state index in [4.69, 9.17) is 32.5 Å². The van der Waals surface area contributed by atoms with Gasteiger partial charge >= 0.3 is 7.12 Å². The fourth-order valence-electron chi connectivity index (χ4n) is 1.92. The SMILES string of the molecule is CC1(C)OB(Cc2ccc(Cl)cc2Cl)OC1(C)C. The van der Waals surface area contributed by atoms with Crippen LogP contribution in [0.4, 0.5) is 0 Å². The summed E-state index contributed by atoms with van der Waals surface area (Å²) in [5.74, 6) is 0. The molecule has 0 aliphatic carbocycles. The Bertz CT molecular complexity index is 444. The van der Waals surface area contributed by atoms with Gasteiger partial charge in [0.05, 0.1) is 11.2 Å². The second kappa shape index (κ2) is 4.71. The molecule has 1 fully saturated rings. The van der Waals surface area contributed by atoms with E-state index in [0.29, 0.717) is 16.4 Å². The average molecular weight is 287 g/mol. The number of hydrogen-bond acceptors (Lipinski definition) is 2. The molecule has 0 amide bonds. The van der Waals surface area contributed by atoms with Crippen molar-refractivity contribution in [1.29, 1.82) is 0 Å². The molecule has 2 rings (SSSR count). The minimum absolute atomic E-state index is 0.270. The van der Waals surface area contributed by atoms with Crippen LogP contribution in [-0.4, -0.2) is 18.3 Å². The van der Waals surface area contributed by atoms with Crippen molar-refractivity contribution in [1.82, 2.24) is 0 Å². The Morgan fingerprint density at radius 1 is 1.06 bits per heavy atom. The van der Waals surface area contributed by atoms with Gasteiger partial charge in [-0.1, -0.05) is 29.3 Å². The van der Waals surface area contributed by atoms with Crippen LogP contribution in [0, 0.1) is 0 Å². The maximum absolute atomic E-state index is 6.15. The van der Waals surface area contributed by atoms with E-state index in [1.54, 1.807) is 6.07 Å². The van der Waals surface area contributed by atoms with Gasteiger partial charge in [0.2, 0.25) is 0 Å². The van der Waals surface area contributed by atoms with Gasteiger partial charge in [-0.15, -0.1) is 0 Å². The third-order valence-corrected chi connectivity index (χ3v) is 4.29. The predicted molar refractivity (Wildman–Crippen MR) is 76.2 cm³/mol. The molecule has 2 nitrogen and oxygen atoms in total. The second-order valence-electron chi connectivity index (χ2n) is 5.63. The minimum Gasteiger partial charge on any atom is -0.403 e. The summed E-state index contributed by atoms with van der Waals surface area (Å²) in [7, 11) is -0.270. The van der Waals surface area contributed by atoms with Gasteiger partial charge in [-0.3, -0.25) is 0 Å². The quantitative estimate of drug-likeness (QED) is 0.760. The molecule has 0 unspecified atom stereocenters. The summed E-state index contributed by atoms with van der Waals surface area (Å²) >= 11 is 12.0. The van der Waals surface area contributed by atoms with Crippen molar-refractivity contribution in [3.05, 3.63) is 33.8 Å². The zero-order valence-corrected chi connectivity index (χ0v) is 12.6. The molecule has 0 radical (unpaired) electrons. The van der Waals surface area contributed by atoms with Gasteiger partial charge in [0.15, 0.2) is 0 Å². The van der Waals surface area contributed by atoms with Crippen molar-refractivity contribution in [3.8, 4) is 0 Å². The summed E-state index contributed by atoms with van der Waals surface area (Å²) in [6.07, 6.45) is 0.628. The zero-order valence-electron chi connectivity index (χ0n) is 11.1. The fourth-order valence-corrected chi connectivity index (χ4v) is 2.40. The van der Waals surface area contributed by atoms with Crippen LogP contribution in [0.15, 0.2) is 18.2 Å². The van der Waals surface area contributed by atoms with Gasteiger partial charge in [-0.05, 0) is 45.4 Å². The lowest BCUT2D eigenvalue weighted by atomic mass is 9.81. The molecule has 18 heavy (non-hydrogen) atoms. The summed E-state index contributed by atoms with van der Waals surface area (Å²) in [5.41, 5.74) is 0.368. The summed E-state index contributed by atoms with van der Waals surface area (Å²) in [6, 6.07) is 5.48. The number of halogens is 2. The molecule has 1 aromatic carbocycles. The molecule has 1 aromatic rings. The number of rotatable bonds is 2. The van der Waals surface area contributed by atoms with Crippen LogP contribution in [0.3, 0.4) is 0 Å². The molecule has 0 atom stereocenters. The lowest BCUT2D eigenvalue weighted by Gasteiger charge is -2.32. The fraction of sp³-hybridized carbons (Fsp3) is 0.538. The summed E-state index contributed by atoms with van der Waals surface area (Å²) in [4.78, 5) is 0. The van der Waals surface area contributed by atoms with Crippen LogP contribution in [0.1, 0.15) is 33.3 Å². The lowest BCUT2D eigenvalue weighted by Crippen LogP contribution is -2.41. The van der Waals surface area contributed by atoms with Gasteiger partial charge in [0, 0.05) is 16.4 Å². The van der Waals surface area contributed by atoms with E-state index in [-0.39, 0.29) is 18.3 Å². The van der Waals surface area contributed by atoms with Crippen molar-refractivity contribution >= 4 is 30.3 Å². The number of benzene rings is 1. The predicted octanol–water partition coefficient (Wildman–Crippen LogP) is 4.17. The molecular weight excluding hydrogens is 270 g/mol. The third kappa shape index (κ3) is 2.69. The van der Waals surface area contributed by atoms with E-state index >= 15 is 0 Å². The third-order valence-electron chi connectivity index (χ3n) is 3.70. The first-order valence-corrected chi connectivity index (χ1v) is 6.76. The second-order valence-corrected chi connectivity index (χ2v) is 6.47. The van der Waals surface area contributed by atoms with E-state index in [1.807, 2.05) is 39.8 Å². The average Bonchev–Trinajstić information content (AvgIpc) is 2.40. The lowest BCUT2D eigenvalue weighted by molar-refractivity contribution is 0.00578. The van der Waals surface area contributed by atoms with E-state index in [0.717, 1.165) is 5.56 Å². The molecule has 1 aliphatic heterocycles. The van der Waals surface area contributed by atoms with Gasteiger partial charge in [0.25, 0.3) is 0 Å². The van der Waals surface area contributed by atoms with E-state index in [1.165, 1.54) is 0 Å². The maximum atomic E-state index is 6.15. The minimum atomic E-state index is -0.309. The topological polar surface area (TPSA) is 18.5 Å². The Kier molecular flexibility index (Phi) is 3.72. The molecule has 98 valence electrons. The van der Waals surface area contributed by atoms with Crippen LogP contribution in [0.5, 0.6) is 0 Å². The van der Waals surface area contributed by atoms with Crippen molar-refractivity contribution in [2.75, 3.05) is 0 Å². The molecule has 0 N–H and O–H groups in total. The Hall–Kier alpha value is -0.215. The standard InChI is InChI=1S/C13H17BCl2O2/c1-12(2)13(3,4)18-14(17-12)8-9-5-6-10(15)7-11(9)16/h5-7H,8H2,1-4H3. The zero-order chi connectivity index (χ0) is 13.6. The van der Waals surface area contributed by atoms with Gasteiger partial charge in [-0.2, -0.15) is 0 Å². The molecule has 0 saturated carbocycles. The highest BCUT2D eigenvalue weighted by molar-refractivity contribution is 6.45. The molecule has 0 aromatic heterocycles. The van der Waals surface area contributed by atoms with E-state index in [2.05, 4.69) is 0 Å². The van der Waals surface area contributed by atoms with Crippen molar-refractivity contribution in [2.24, 2.45) is 0 Å². The van der Waals surface area contributed by atoms with Gasteiger partial charge in [-0.25, -0.2) is 0 Å². The Morgan fingerprint density at radius 2 is 1.61 bits per heavy atom. The Labute approximate surface area is 119 Å². The Balaban J connectivity index is 2.12. The monoisotopic (exact) mass is 286 g/mol. The van der Waals surface area contributed by atoms with Crippen molar-refractivity contribution < 1.29 is 9.31 Å². The normalized spacial score (nSPS) is 21.3. The molecule has 5 heteroatoms. The Morgan fingerprint density at radius 3 is 2.11 bits per heavy atom. The molecule has 1 aliphatic rings. The summed E-state index contributed by atoms with van der Waals surface area (Å²) in [5, 5.41) is 1.29. The van der Waals surface area contributed by atoms with Crippen LogP contribution < -0.4 is 0 Å². The van der Waals surface area contributed by atoms with Crippen LogP contribution >= 0.6 is 23.2 Å². The highest BCUT2D eigenvalue weighted by Gasteiger charge is 2.50. The summed E-state index contributed by atoms with van der Waals surface area (Å²) in [6.45, 7) is 8.15. The van der Waals surface area contributed by atoms with Crippen LogP contribution in [-0.2, 0) is 15.6 Å². The van der Waals surface area contributed by atoms with E-state index < -0.39 is 0 Å². The highest BCUT2D eigenvalue weighted by Crippen LogP contribution is 2.38. The van der Waals surface area contributed by atoms with Crippen LogP contribution in [0.2, 0.25) is 10.0 Å². The molecule has 0 spiro atoms. The smallest absolute Gasteiger partial charge is 0.403 e. The summed E-state index contributed by atoms with van der Waals surface area (Å²) < 4.78 is 11.9. The van der Waals surface area contributed by atoms with E-state index in [9.17, 15) is 0 Å². The molecular formula is C13H17BCl2O2. The van der Waals surface area contributed by atoms with Crippen molar-refractivity contribution in [3.63, 3.8) is 0 Å². The highest BCUT2D eigenvalue weighted by atomic mass is 35.5. The number of hydrogen-bond donors (Lipinski definition) is 0. The first kappa shape index (κ1) is 14.2. The van der Waals surface area contributed by atoms with Gasteiger partial charge < -0.3 is 9.31 Å².